The lowest BCUT2D eigenvalue weighted by molar-refractivity contribution is -0.142. The Labute approximate surface area is 143 Å². The van der Waals surface area contributed by atoms with Crippen LogP contribution in [-0.4, -0.2) is 104 Å². The van der Waals surface area contributed by atoms with E-state index in [1.165, 1.54) is 0 Å². The normalized spacial score (nSPS) is 11.0. The molecule has 0 aliphatic carbocycles. The number of hydrogen-bond acceptors (Lipinski definition) is 8. The molecule has 144 valence electrons. The highest BCUT2D eigenvalue weighted by Crippen LogP contribution is 1.84. The Bertz CT molecular complexity index is 263. The van der Waals surface area contributed by atoms with Crippen molar-refractivity contribution >= 4 is 5.97 Å². The molecule has 0 saturated heterocycles. The summed E-state index contributed by atoms with van der Waals surface area (Å²) in [6.45, 7) is 5.46. The largest absolute Gasteiger partial charge is 0.480 e. The van der Waals surface area contributed by atoms with Gasteiger partial charge in [0.2, 0.25) is 0 Å². The molecule has 0 aromatic rings. The molecule has 0 rings (SSSR count). The molecule has 9 heteroatoms. The lowest BCUT2D eigenvalue weighted by atomic mass is 10.6. The summed E-state index contributed by atoms with van der Waals surface area (Å²) in [5, 5.41) is 8.34. The van der Waals surface area contributed by atoms with Gasteiger partial charge in [-0.25, -0.2) is 4.79 Å². The van der Waals surface area contributed by atoms with Crippen molar-refractivity contribution in [2.75, 3.05) is 93.0 Å². The van der Waals surface area contributed by atoms with E-state index < -0.39 is 5.97 Å². The number of methoxy groups -OCH3 is 1. The van der Waals surface area contributed by atoms with Gasteiger partial charge in [0, 0.05) is 7.11 Å². The summed E-state index contributed by atoms with van der Waals surface area (Å²) in [7, 11) is 1.63. The third kappa shape index (κ3) is 21.2. The van der Waals surface area contributed by atoms with E-state index in [1.807, 2.05) is 0 Å². The Morgan fingerprint density at radius 2 is 0.875 bits per heavy atom. The zero-order valence-corrected chi connectivity index (χ0v) is 14.4. The van der Waals surface area contributed by atoms with Gasteiger partial charge in [0.05, 0.1) is 79.3 Å². The van der Waals surface area contributed by atoms with E-state index in [0.29, 0.717) is 72.7 Å². The molecule has 1 N–H and O–H groups in total. The molecule has 0 fully saturated rings. The summed E-state index contributed by atoms with van der Waals surface area (Å²) in [4.78, 5) is 10.2. The third-order valence-corrected chi connectivity index (χ3v) is 2.52. The fourth-order valence-electron chi connectivity index (χ4n) is 1.40. The van der Waals surface area contributed by atoms with E-state index in [1.54, 1.807) is 7.11 Å². The molecule has 0 unspecified atom stereocenters. The predicted molar refractivity (Wildman–Crippen MR) is 84.4 cm³/mol. The van der Waals surface area contributed by atoms with Crippen LogP contribution in [0.2, 0.25) is 0 Å². The van der Waals surface area contributed by atoms with Crippen molar-refractivity contribution < 1.29 is 43.1 Å². The van der Waals surface area contributed by atoms with Gasteiger partial charge in [-0.15, -0.1) is 0 Å². The second-order valence-electron chi connectivity index (χ2n) is 4.50. The second kappa shape index (κ2) is 20.2. The molecule has 0 amide bonds. The average molecular weight is 354 g/mol. The van der Waals surface area contributed by atoms with Gasteiger partial charge in [0.1, 0.15) is 6.61 Å². The zero-order chi connectivity index (χ0) is 17.7. The van der Waals surface area contributed by atoms with Crippen LogP contribution in [-0.2, 0) is 38.0 Å². The number of carboxylic acids is 1. The molecule has 24 heavy (non-hydrogen) atoms. The van der Waals surface area contributed by atoms with E-state index in [9.17, 15) is 4.79 Å². The van der Waals surface area contributed by atoms with E-state index in [0.717, 1.165) is 0 Å². The number of carbonyl (C=O) groups is 1. The summed E-state index contributed by atoms with van der Waals surface area (Å²) in [5.41, 5.74) is 0. The molecule has 0 radical (unpaired) electrons. The summed E-state index contributed by atoms with van der Waals surface area (Å²) >= 11 is 0. The van der Waals surface area contributed by atoms with Gasteiger partial charge in [-0.2, -0.15) is 0 Å². The molecule has 0 aliphatic heterocycles. The molecular weight excluding hydrogens is 324 g/mol. The number of ether oxygens (including phenoxy) is 7. The first-order chi connectivity index (χ1) is 11.8. The van der Waals surface area contributed by atoms with Crippen LogP contribution >= 0.6 is 0 Å². The first-order valence-corrected chi connectivity index (χ1v) is 7.94. The maximum absolute atomic E-state index is 10.2. The van der Waals surface area contributed by atoms with Crippen molar-refractivity contribution in [3.8, 4) is 0 Å². The Kier molecular flexibility index (Phi) is 19.6. The van der Waals surface area contributed by atoms with Crippen molar-refractivity contribution in [3.63, 3.8) is 0 Å². The van der Waals surface area contributed by atoms with Crippen molar-refractivity contribution in [2.24, 2.45) is 0 Å². The fourth-order valence-corrected chi connectivity index (χ4v) is 1.40. The van der Waals surface area contributed by atoms with Gasteiger partial charge in [0.15, 0.2) is 0 Å². The molecule has 0 aromatic heterocycles. The average Bonchev–Trinajstić information content (AvgIpc) is 2.56. The van der Waals surface area contributed by atoms with Crippen LogP contribution in [0.25, 0.3) is 0 Å². The van der Waals surface area contributed by atoms with Crippen LogP contribution in [0.15, 0.2) is 0 Å². The second-order valence-corrected chi connectivity index (χ2v) is 4.50. The van der Waals surface area contributed by atoms with Crippen LogP contribution in [0.1, 0.15) is 0 Å². The number of aliphatic carboxylic acids is 1. The van der Waals surface area contributed by atoms with Crippen LogP contribution in [0.5, 0.6) is 0 Å². The van der Waals surface area contributed by atoms with Crippen molar-refractivity contribution in [1.29, 1.82) is 0 Å². The highest BCUT2D eigenvalue weighted by atomic mass is 16.6. The van der Waals surface area contributed by atoms with E-state index in [4.69, 9.17) is 38.3 Å². The molecule has 0 saturated carbocycles. The smallest absolute Gasteiger partial charge is 0.329 e. The first kappa shape index (κ1) is 23.2. The van der Waals surface area contributed by atoms with Crippen LogP contribution < -0.4 is 0 Å². The molecule has 0 bridgehead atoms. The van der Waals surface area contributed by atoms with Gasteiger partial charge >= 0.3 is 5.97 Å². The summed E-state index contributed by atoms with van der Waals surface area (Å²) in [6.07, 6.45) is 0. The molecule has 0 spiro atoms. The summed E-state index contributed by atoms with van der Waals surface area (Å²) in [5.74, 6) is -0.987. The van der Waals surface area contributed by atoms with Gasteiger partial charge in [-0.3, -0.25) is 0 Å². The SMILES string of the molecule is COCCOCCOCCOCCOCCOCCOCC(=O)O. The fraction of sp³-hybridized carbons (Fsp3) is 0.933. The van der Waals surface area contributed by atoms with E-state index in [-0.39, 0.29) is 13.2 Å². The number of carboxylic acid groups (broad SMARTS) is 1. The Morgan fingerprint density at radius 3 is 1.17 bits per heavy atom. The monoisotopic (exact) mass is 354 g/mol. The molecule has 0 heterocycles. The molecule has 0 aliphatic rings. The minimum atomic E-state index is -0.987. The van der Waals surface area contributed by atoms with Crippen molar-refractivity contribution in [1.82, 2.24) is 0 Å². The molecular formula is C15H30O9. The van der Waals surface area contributed by atoms with Gasteiger partial charge in [-0.1, -0.05) is 0 Å². The topological polar surface area (TPSA) is 102 Å². The minimum absolute atomic E-state index is 0.257. The lowest BCUT2D eigenvalue weighted by Crippen LogP contribution is -2.15. The van der Waals surface area contributed by atoms with Gasteiger partial charge in [-0.05, 0) is 0 Å². The van der Waals surface area contributed by atoms with Crippen LogP contribution in [0.3, 0.4) is 0 Å². The standard InChI is InChI=1S/C15H30O9/c1-18-2-3-19-4-5-20-6-7-21-8-9-22-10-11-23-12-13-24-14-15(16)17/h2-14H2,1H3,(H,16,17). The van der Waals surface area contributed by atoms with Crippen molar-refractivity contribution in [3.05, 3.63) is 0 Å². The molecule has 0 aromatic carbocycles. The summed E-state index contributed by atoms with van der Waals surface area (Å²) < 4.78 is 36.1. The Balaban J connectivity index is 2.97. The highest BCUT2D eigenvalue weighted by Gasteiger charge is 1.96. The molecule has 9 nitrogen and oxygen atoms in total. The maximum Gasteiger partial charge on any atom is 0.329 e. The maximum atomic E-state index is 10.2. The minimum Gasteiger partial charge on any atom is -0.480 e. The Hall–Kier alpha value is -0.810. The van der Waals surface area contributed by atoms with Gasteiger partial charge < -0.3 is 38.3 Å². The van der Waals surface area contributed by atoms with Crippen molar-refractivity contribution in [2.45, 2.75) is 0 Å². The summed E-state index contributed by atoms with van der Waals surface area (Å²) in [6, 6.07) is 0. The third-order valence-electron chi connectivity index (χ3n) is 2.52. The predicted octanol–water partition coefficient (Wildman–Crippen LogP) is -0.183. The van der Waals surface area contributed by atoms with Gasteiger partial charge in [0.25, 0.3) is 0 Å². The first-order valence-electron chi connectivity index (χ1n) is 7.94. The number of rotatable bonds is 20. The lowest BCUT2D eigenvalue weighted by Gasteiger charge is -2.08. The quantitative estimate of drug-likeness (QED) is 0.298. The Morgan fingerprint density at radius 1 is 0.583 bits per heavy atom. The zero-order valence-electron chi connectivity index (χ0n) is 14.4. The highest BCUT2D eigenvalue weighted by molar-refractivity contribution is 5.67. The van der Waals surface area contributed by atoms with Crippen LogP contribution in [0.4, 0.5) is 0 Å². The van der Waals surface area contributed by atoms with E-state index in [2.05, 4.69) is 0 Å². The number of hydrogen-bond donors (Lipinski definition) is 1. The van der Waals surface area contributed by atoms with Crippen LogP contribution in [0, 0.1) is 0 Å². The van der Waals surface area contributed by atoms with E-state index >= 15 is 0 Å². The molecule has 0 atom stereocenters.